The molecule has 2 atom stereocenters. The Morgan fingerprint density at radius 2 is 2.00 bits per heavy atom. The first-order valence-corrected chi connectivity index (χ1v) is 7.44. The molecule has 0 aliphatic carbocycles. The molecule has 0 amide bonds. The minimum atomic E-state index is -0.521. The quantitative estimate of drug-likeness (QED) is 0.869. The van der Waals surface area contributed by atoms with Crippen molar-refractivity contribution in [2.45, 2.75) is 38.8 Å². The van der Waals surface area contributed by atoms with Gasteiger partial charge in [-0.05, 0) is 44.1 Å². The van der Waals surface area contributed by atoms with Crippen molar-refractivity contribution in [1.82, 2.24) is 4.90 Å². The van der Waals surface area contributed by atoms with Gasteiger partial charge in [0.05, 0.1) is 13.2 Å². The van der Waals surface area contributed by atoms with Crippen LogP contribution in [0.25, 0.3) is 0 Å². The van der Waals surface area contributed by atoms with Crippen LogP contribution in [0.15, 0.2) is 18.2 Å². The van der Waals surface area contributed by atoms with Crippen LogP contribution in [-0.4, -0.2) is 42.9 Å². The highest BCUT2D eigenvalue weighted by Gasteiger charge is 2.33. The summed E-state index contributed by atoms with van der Waals surface area (Å²) in [7, 11) is 1.63. The Kier molecular flexibility index (Phi) is 5.26. The van der Waals surface area contributed by atoms with E-state index >= 15 is 0 Å². The third kappa shape index (κ3) is 3.07. The van der Waals surface area contributed by atoms with E-state index in [0.717, 1.165) is 43.0 Å². The van der Waals surface area contributed by atoms with E-state index < -0.39 is 6.10 Å². The minimum Gasteiger partial charge on any atom is -0.497 e. The Hall–Kier alpha value is -1.26. The fraction of sp³-hybridized carbons (Fsp3) is 0.625. The number of rotatable bonds is 6. The SMILES string of the molecule is CCCN(CCC)C1COc2ccc(OC)cc2C1O. The van der Waals surface area contributed by atoms with E-state index in [2.05, 4.69) is 18.7 Å². The predicted molar refractivity (Wildman–Crippen MR) is 79.4 cm³/mol. The molecule has 4 nitrogen and oxygen atoms in total. The zero-order valence-electron chi connectivity index (χ0n) is 12.6. The van der Waals surface area contributed by atoms with Gasteiger partial charge < -0.3 is 14.6 Å². The van der Waals surface area contributed by atoms with Crippen LogP contribution in [0, 0.1) is 0 Å². The van der Waals surface area contributed by atoms with E-state index in [0.29, 0.717) is 6.61 Å². The predicted octanol–water partition coefficient (Wildman–Crippen LogP) is 2.61. The van der Waals surface area contributed by atoms with Crippen molar-refractivity contribution in [2.75, 3.05) is 26.8 Å². The van der Waals surface area contributed by atoms with Crippen LogP contribution >= 0.6 is 0 Å². The van der Waals surface area contributed by atoms with E-state index in [1.54, 1.807) is 7.11 Å². The summed E-state index contributed by atoms with van der Waals surface area (Å²) < 4.78 is 11.1. The molecule has 2 rings (SSSR count). The van der Waals surface area contributed by atoms with E-state index in [9.17, 15) is 5.11 Å². The Labute approximate surface area is 121 Å². The second kappa shape index (κ2) is 6.95. The average Bonchev–Trinajstić information content (AvgIpc) is 2.47. The van der Waals surface area contributed by atoms with Crippen LogP contribution in [0.5, 0.6) is 11.5 Å². The van der Waals surface area contributed by atoms with Gasteiger partial charge in [0.1, 0.15) is 24.2 Å². The third-order valence-corrected chi connectivity index (χ3v) is 3.80. The van der Waals surface area contributed by atoms with Gasteiger partial charge in [0, 0.05) is 5.56 Å². The number of ether oxygens (including phenoxy) is 2. The largest absolute Gasteiger partial charge is 0.497 e. The molecule has 1 aliphatic heterocycles. The first-order chi connectivity index (χ1) is 9.71. The topological polar surface area (TPSA) is 41.9 Å². The van der Waals surface area contributed by atoms with E-state index in [-0.39, 0.29) is 6.04 Å². The molecule has 0 radical (unpaired) electrons. The normalized spacial score (nSPS) is 21.4. The maximum Gasteiger partial charge on any atom is 0.125 e. The highest BCUT2D eigenvalue weighted by molar-refractivity contribution is 5.43. The van der Waals surface area contributed by atoms with Crippen LogP contribution in [0.2, 0.25) is 0 Å². The molecule has 0 fully saturated rings. The average molecular weight is 279 g/mol. The molecule has 2 unspecified atom stereocenters. The summed E-state index contributed by atoms with van der Waals surface area (Å²) in [6, 6.07) is 5.64. The summed E-state index contributed by atoms with van der Waals surface area (Å²) in [6.07, 6.45) is 1.63. The number of nitrogens with zero attached hydrogens (tertiary/aromatic N) is 1. The number of benzene rings is 1. The minimum absolute atomic E-state index is 0.0227. The fourth-order valence-corrected chi connectivity index (χ4v) is 2.81. The summed E-state index contributed by atoms with van der Waals surface area (Å²) >= 11 is 0. The second-order valence-electron chi connectivity index (χ2n) is 5.26. The molecule has 1 N–H and O–H groups in total. The number of methoxy groups -OCH3 is 1. The van der Waals surface area contributed by atoms with Gasteiger partial charge in [-0.3, -0.25) is 4.90 Å². The standard InChI is InChI=1S/C16H25NO3/c1-4-8-17(9-5-2)14-11-20-15-7-6-12(19-3)10-13(15)16(14)18/h6-7,10,14,16,18H,4-5,8-9,11H2,1-3H3. The first-order valence-electron chi connectivity index (χ1n) is 7.44. The zero-order valence-corrected chi connectivity index (χ0v) is 12.6. The van der Waals surface area contributed by atoms with Crippen molar-refractivity contribution in [3.05, 3.63) is 23.8 Å². The van der Waals surface area contributed by atoms with Gasteiger partial charge in [0.2, 0.25) is 0 Å². The van der Waals surface area contributed by atoms with Crippen molar-refractivity contribution in [2.24, 2.45) is 0 Å². The first kappa shape index (κ1) is 15.1. The highest BCUT2D eigenvalue weighted by Crippen LogP contribution is 2.36. The molecule has 1 aromatic carbocycles. The van der Waals surface area contributed by atoms with E-state index in [1.807, 2.05) is 18.2 Å². The summed E-state index contributed by atoms with van der Waals surface area (Å²) in [6.45, 7) is 6.84. The molecule has 0 aromatic heterocycles. The fourth-order valence-electron chi connectivity index (χ4n) is 2.81. The van der Waals surface area contributed by atoms with Gasteiger partial charge in [-0.2, -0.15) is 0 Å². The second-order valence-corrected chi connectivity index (χ2v) is 5.26. The maximum absolute atomic E-state index is 10.7. The van der Waals surface area contributed by atoms with Gasteiger partial charge in [0.25, 0.3) is 0 Å². The zero-order chi connectivity index (χ0) is 14.5. The number of aliphatic hydroxyl groups excluding tert-OH is 1. The third-order valence-electron chi connectivity index (χ3n) is 3.80. The van der Waals surface area contributed by atoms with Crippen LogP contribution in [-0.2, 0) is 0 Å². The van der Waals surface area contributed by atoms with Crippen molar-refractivity contribution in [1.29, 1.82) is 0 Å². The van der Waals surface area contributed by atoms with Gasteiger partial charge in [-0.1, -0.05) is 13.8 Å². The summed E-state index contributed by atoms with van der Waals surface area (Å²) in [5.41, 5.74) is 0.831. The van der Waals surface area contributed by atoms with Crippen LogP contribution in [0.4, 0.5) is 0 Å². The molecule has 1 aliphatic rings. The lowest BCUT2D eigenvalue weighted by Crippen LogP contribution is -2.46. The molecule has 1 aromatic rings. The molecule has 0 bridgehead atoms. The van der Waals surface area contributed by atoms with Gasteiger partial charge in [-0.15, -0.1) is 0 Å². The van der Waals surface area contributed by atoms with Crippen molar-refractivity contribution < 1.29 is 14.6 Å². The van der Waals surface area contributed by atoms with E-state index in [4.69, 9.17) is 9.47 Å². The van der Waals surface area contributed by atoms with Gasteiger partial charge in [-0.25, -0.2) is 0 Å². The van der Waals surface area contributed by atoms with Crippen LogP contribution in [0.3, 0.4) is 0 Å². The summed E-state index contributed by atoms with van der Waals surface area (Å²) in [5, 5.41) is 10.7. The Morgan fingerprint density at radius 3 is 2.60 bits per heavy atom. The lowest BCUT2D eigenvalue weighted by molar-refractivity contribution is 0.00315. The molecule has 4 heteroatoms. The monoisotopic (exact) mass is 279 g/mol. The van der Waals surface area contributed by atoms with Crippen molar-refractivity contribution in [3.63, 3.8) is 0 Å². The Morgan fingerprint density at radius 1 is 1.30 bits per heavy atom. The van der Waals surface area contributed by atoms with E-state index in [1.165, 1.54) is 0 Å². The summed E-state index contributed by atoms with van der Waals surface area (Å²) in [5.74, 6) is 1.52. The molecule has 1 heterocycles. The lowest BCUT2D eigenvalue weighted by Gasteiger charge is -2.38. The summed E-state index contributed by atoms with van der Waals surface area (Å²) in [4.78, 5) is 2.33. The number of aliphatic hydroxyl groups is 1. The van der Waals surface area contributed by atoms with Gasteiger partial charge >= 0.3 is 0 Å². The van der Waals surface area contributed by atoms with Crippen LogP contribution in [0.1, 0.15) is 38.4 Å². The van der Waals surface area contributed by atoms with Gasteiger partial charge in [0.15, 0.2) is 0 Å². The maximum atomic E-state index is 10.7. The molecule has 0 spiro atoms. The molecular weight excluding hydrogens is 254 g/mol. The van der Waals surface area contributed by atoms with Crippen molar-refractivity contribution in [3.8, 4) is 11.5 Å². The number of hydrogen-bond donors (Lipinski definition) is 1. The molecule has 20 heavy (non-hydrogen) atoms. The molecule has 0 saturated heterocycles. The van der Waals surface area contributed by atoms with Crippen LogP contribution < -0.4 is 9.47 Å². The smallest absolute Gasteiger partial charge is 0.125 e. The number of fused-ring (bicyclic) bond motifs is 1. The molecule has 112 valence electrons. The lowest BCUT2D eigenvalue weighted by atomic mass is 9.97. The molecule has 0 saturated carbocycles. The highest BCUT2D eigenvalue weighted by atomic mass is 16.5. The Bertz CT molecular complexity index is 430. The number of hydrogen-bond acceptors (Lipinski definition) is 4. The molecular formula is C16H25NO3. The Balaban J connectivity index is 2.22. The van der Waals surface area contributed by atoms with Crippen molar-refractivity contribution >= 4 is 0 Å².